The Bertz CT molecular complexity index is 463. The van der Waals surface area contributed by atoms with Crippen LogP contribution in [0.2, 0.25) is 0 Å². The molecule has 0 fully saturated rings. The van der Waals surface area contributed by atoms with Gasteiger partial charge >= 0.3 is 0 Å². The van der Waals surface area contributed by atoms with Gasteiger partial charge in [0.1, 0.15) is 0 Å². The van der Waals surface area contributed by atoms with Gasteiger partial charge in [0, 0.05) is 28.4 Å². The zero-order valence-electron chi connectivity index (χ0n) is 10.4. The maximum atomic E-state index is 12.2. The normalized spacial score (nSPS) is 9.94. The molecule has 0 aliphatic rings. The zero-order chi connectivity index (χ0) is 13.7. The maximum Gasteiger partial charge on any atom is 0.254 e. The summed E-state index contributed by atoms with van der Waals surface area (Å²) in [6.07, 6.45) is 0. The summed E-state index contributed by atoms with van der Waals surface area (Å²) in [5.74, 6) is -0.352. The van der Waals surface area contributed by atoms with Crippen LogP contribution in [-0.2, 0) is 4.79 Å². The number of carbonyl (C=O) groups is 2. The van der Waals surface area contributed by atoms with E-state index in [2.05, 4.69) is 27.9 Å². The average Bonchev–Trinajstić information content (AvgIpc) is 2.38. The second kappa shape index (κ2) is 6.58. The van der Waals surface area contributed by atoms with Crippen LogP contribution in [0, 0.1) is 3.57 Å². The van der Waals surface area contributed by atoms with Crippen LogP contribution in [0.25, 0.3) is 0 Å². The van der Waals surface area contributed by atoms with E-state index in [4.69, 9.17) is 5.73 Å². The van der Waals surface area contributed by atoms with Gasteiger partial charge in [0.2, 0.25) is 5.91 Å². The fraction of sp³-hybridized carbons (Fsp3) is 0.333. The van der Waals surface area contributed by atoms with Gasteiger partial charge in [-0.2, -0.15) is 0 Å². The van der Waals surface area contributed by atoms with Crippen molar-refractivity contribution < 1.29 is 9.59 Å². The topological polar surface area (TPSA) is 75.4 Å². The van der Waals surface area contributed by atoms with E-state index in [-0.39, 0.29) is 18.4 Å². The van der Waals surface area contributed by atoms with Crippen LogP contribution in [0.15, 0.2) is 18.2 Å². The predicted octanol–water partition coefficient (Wildman–Crippen LogP) is 1.08. The molecule has 0 aliphatic carbocycles. The van der Waals surface area contributed by atoms with Crippen molar-refractivity contribution in [2.45, 2.75) is 6.92 Å². The number of carbonyl (C=O) groups excluding carboxylic acids is 2. The molecule has 0 unspecified atom stereocenters. The molecule has 3 N–H and O–H groups in total. The number of benzene rings is 1. The van der Waals surface area contributed by atoms with Crippen LogP contribution in [0.4, 0.5) is 5.69 Å². The molecule has 0 aromatic heterocycles. The molecule has 0 atom stereocenters. The third-order valence-corrected chi connectivity index (χ3v) is 3.46. The Morgan fingerprint density at radius 3 is 2.61 bits per heavy atom. The van der Waals surface area contributed by atoms with E-state index < -0.39 is 0 Å². The predicted molar refractivity (Wildman–Crippen MR) is 79.2 cm³/mol. The number of amides is 2. The molecule has 5 nitrogen and oxygen atoms in total. The summed E-state index contributed by atoms with van der Waals surface area (Å²) >= 11 is 2.08. The number of likely N-dealkylation sites (N-methyl/N-ethyl adjacent to an activating group) is 2. The van der Waals surface area contributed by atoms with Crippen molar-refractivity contribution in [1.29, 1.82) is 0 Å². The van der Waals surface area contributed by atoms with Gasteiger partial charge in [-0.3, -0.25) is 9.59 Å². The van der Waals surface area contributed by atoms with Crippen molar-refractivity contribution in [3.63, 3.8) is 0 Å². The summed E-state index contributed by atoms with van der Waals surface area (Å²) in [4.78, 5) is 25.0. The Labute approximate surface area is 120 Å². The molecule has 1 rings (SSSR count). The molecule has 0 saturated carbocycles. The molecule has 0 radical (unpaired) electrons. The zero-order valence-corrected chi connectivity index (χ0v) is 12.5. The first-order valence-corrected chi connectivity index (χ1v) is 6.62. The second-order valence-corrected chi connectivity index (χ2v) is 4.89. The summed E-state index contributed by atoms with van der Waals surface area (Å²) in [6.45, 7) is 2.38. The van der Waals surface area contributed by atoms with Crippen molar-refractivity contribution in [2.75, 3.05) is 25.9 Å². The van der Waals surface area contributed by atoms with E-state index in [0.717, 1.165) is 3.57 Å². The molecule has 0 bridgehead atoms. The lowest BCUT2D eigenvalue weighted by Crippen LogP contribution is -2.39. The number of nitrogen functional groups attached to an aromatic ring is 1. The summed E-state index contributed by atoms with van der Waals surface area (Å²) in [5.41, 5.74) is 6.88. The number of halogens is 1. The number of rotatable bonds is 4. The van der Waals surface area contributed by atoms with Crippen LogP contribution in [0.1, 0.15) is 17.3 Å². The minimum absolute atomic E-state index is 0.0623. The Balaban J connectivity index is 2.89. The van der Waals surface area contributed by atoms with Crippen molar-refractivity contribution >= 4 is 40.1 Å². The van der Waals surface area contributed by atoms with Gasteiger partial charge in [-0.1, -0.05) is 0 Å². The van der Waals surface area contributed by atoms with E-state index >= 15 is 0 Å². The fourth-order valence-corrected chi connectivity index (χ4v) is 1.94. The summed E-state index contributed by atoms with van der Waals surface area (Å²) in [7, 11) is 1.55. The largest absolute Gasteiger partial charge is 0.398 e. The molecule has 0 spiro atoms. The molecule has 6 heteroatoms. The number of nitrogens with zero attached hydrogens (tertiary/aromatic N) is 1. The molecule has 0 saturated heterocycles. The molecule has 1 aromatic carbocycles. The van der Waals surface area contributed by atoms with Gasteiger partial charge in [-0.15, -0.1) is 0 Å². The monoisotopic (exact) mass is 361 g/mol. The standard InChI is InChI=1S/C12H16IN3O2/c1-3-16(7-11(17)15-2)12(18)8-4-5-10(14)9(13)6-8/h4-6H,3,7,14H2,1-2H3,(H,15,17). The van der Waals surface area contributed by atoms with E-state index in [9.17, 15) is 9.59 Å². The number of anilines is 1. The van der Waals surface area contributed by atoms with Gasteiger partial charge in [-0.05, 0) is 47.7 Å². The smallest absolute Gasteiger partial charge is 0.254 e. The molecule has 0 heterocycles. The Hall–Kier alpha value is -1.31. The van der Waals surface area contributed by atoms with Crippen LogP contribution in [0.5, 0.6) is 0 Å². The SMILES string of the molecule is CCN(CC(=O)NC)C(=O)c1ccc(N)c(I)c1. The van der Waals surface area contributed by atoms with Crippen molar-refractivity contribution in [3.05, 3.63) is 27.3 Å². The average molecular weight is 361 g/mol. The van der Waals surface area contributed by atoms with Crippen LogP contribution < -0.4 is 11.1 Å². The molecular weight excluding hydrogens is 345 g/mol. The highest BCUT2D eigenvalue weighted by Gasteiger charge is 2.17. The first-order valence-electron chi connectivity index (χ1n) is 5.54. The lowest BCUT2D eigenvalue weighted by atomic mass is 10.2. The van der Waals surface area contributed by atoms with E-state index in [1.54, 1.807) is 25.2 Å². The Morgan fingerprint density at radius 2 is 2.11 bits per heavy atom. The quantitative estimate of drug-likeness (QED) is 0.623. The van der Waals surface area contributed by atoms with Crippen molar-refractivity contribution in [2.24, 2.45) is 0 Å². The summed E-state index contributed by atoms with van der Waals surface area (Å²) < 4.78 is 0.828. The molecule has 1 aromatic rings. The molecular formula is C12H16IN3O2. The maximum absolute atomic E-state index is 12.2. The van der Waals surface area contributed by atoms with Gasteiger partial charge in [0.05, 0.1) is 6.54 Å². The minimum Gasteiger partial charge on any atom is -0.398 e. The second-order valence-electron chi connectivity index (χ2n) is 3.73. The summed E-state index contributed by atoms with van der Waals surface area (Å²) in [5, 5.41) is 2.50. The van der Waals surface area contributed by atoms with Crippen LogP contribution in [0.3, 0.4) is 0 Å². The minimum atomic E-state index is -0.185. The Kier molecular flexibility index (Phi) is 5.39. The lowest BCUT2D eigenvalue weighted by Gasteiger charge is -2.20. The first kappa shape index (κ1) is 14.7. The number of nitrogens with two attached hydrogens (primary N) is 1. The highest BCUT2D eigenvalue weighted by atomic mass is 127. The highest BCUT2D eigenvalue weighted by Crippen LogP contribution is 2.17. The van der Waals surface area contributed by atoms with E-state index in [1.807, 2.05) is 6.92 Å². The summed E-state index contributed by atoms with van der Waals surface area (Å²) in [6, 6.07) is 5.10. The van der Waals surface area contributed by atoms with Gasteiger partial charge in [0.25, 0.3) is 5.91 Å². The van der Waals surface area contributed by atoms with E-state index in [0.29, 0.717) is 17.8 Å². The van der Waals surface area contributed by atoms with Gasteiger partial charge in [-0.25, -0.2) is 0 Å². The van der Waals surface area contributed by atoms with E-state index in [1.165, 1.54) is 4.90 Å². The molecule has 98 valence electrons. The van der Waals surface area contributed by atoms with Crippen LogP contribution >= 0.6 is 22.6 Å². The third-order valence-electron chi connectivity index (χ3n) is 2.53. The lowest BCUT2D eigenvalue weighted by molar-refractivity contribution is -0.121. The van der Waals surface area contributed by atoms with Crippen LogP contribution in [-0.4, -0.2) is 36.9 Å². The molecule has 18 heavy (non-hydrogen) atoms. The van der Waals surface area contributed by atoms with Crippen molar-refractivity contribution in [3.8, 4) is 0 Å². The fourth-order valence-electron chi connectivity index (χ4n) is 1.42. The number of nitrogens with one attached hydrogen (secondary N) is 1. The van der Waals surface area contributed by atoms with Crippen molar-refractivity contribution in [1.82, 2.24) is 10.2 Å². The molecule has 0 aliphatic heterocycles. The third kappa shape index (κ3) is 3.59. The Morgan fingerprint density at radius 1 is 1.44 bits per heavy atom. The number of hydrogen-bond donors (Lipinski definition) is 2. The molecule has 2 amide bonds. The van der Waals surface area contributed by atoms with Gasteiger partial charge in [0.15, 0.2) is 0 Å². The first-order chi connectivity index (χ1) is 8.49. The van der Waals surface area contributed by atoms with Gasteiger partial charge < -0.3 is 16.0 Å². The highest BCUT2D eigenvalue weighted by molar-refractivity contribution is 14.1. The number of hydrogen-bond acceptors (Lipinski definition) is 3.